The lowest BCUT2D eigenvalue weighted by Gasteiger charge is -2.13. The zero-order valence-corrected chi connectivity index (χ0v) is 11.6. The van der Waals surface area contributed by atoms with Crippen LogP contribution in [0.25, 0.3) is 6.08 Å². The van der Waals surface area contributed by atoms with Gasteiger partial charge in [0, 0.05) is 6.08 Å². The fraction of sp³-hybridized carbons (Fsp3) is 0. The minimum absolute atomic E-state index is 0.310. The fourth-order valence-electron chi connectivity index (χ4n) is 1.81. The van der Waals surface area contributed by atoms with E-state index in [4.69, 9.17) is 16.0 Å². The molecule has 0 saturated carbocycles. The number of carbonyl (C=O) groups excluding carboxylic acids is 2. The normalized spacial score (nSPS) is 17.2. The Morgan fingerprint density at radius 2 is 1.95 bits per heavy atom. The molecule has 0 atom stereocenters. The Labute approximate surface area is 124 Å². The van der Waals surface area contributed by atoms with E-state index in [1.807, 2.05) is 0 Å². The fourth-order valence-corrected chi connectivity index (χ4v) is 2.85. The maximum Gasteiger partial charge on any atom is 0.298 e. The molecule has 0 radical (unpaired) electrons. The Morgan fingerprint density at radius 3 is 2.65 bits per heavy atom. The third-order valence-electron chi connectivity index (χ3n) is 2.70. The summed E-state index contributed by atoms with van der Waals surface area (Å²) in [6, 6.07) is 10.2. The van der Waals surface area contributed by atoms with E-state index in [2.05, 4.69) is 0 Å². The zero-order chi connectivity index (χ0) is 14.1. The molecule has 1 aliphatic rings. The van der Waals surface area contributed by atoms with E-state index >= 15 is 0 Å². The van der Waals surface area contributed by atoms with Crippen molar-refractivity contribution in [3.63, 3.8) is 0 Å². The molecule has 100 valence electrons. The van der Waals surface area contributed by atoms with Gasteiger partial charge in [0.15, 0.2) is 0 Å². The van der Waals surface area contributed by atoms with Gasteiger partial charge in [-0.05, 0) is 36.0 Å². The van der Waals surface area contributed by atoms with Gasteiger partial charge in [-0.25, -0.2) is 4.90 Å². The third-order valence-corrected chi connectivity index (χ3v) is 3.89. The summed E-state index contributed by atoms with van der Waals surface area (Å²) in [6.45, 7) is 0. The largest absolute Gasteiger partial charge is 0.465 e. The Balaban J connectivity index is 1.98. The van der Waals surface area contributed by atoms with E-state index < -0.39 is 5.91 Å². The van der Waals surface area contributed by atoms with Gasteiger partial charge >= 0.3 is 0 Å². The van der Waals surface area contributed by atoms with Crippen molar-refractivity contribution in [2.24, 2.45) is 0 Å². The van der Waals surface area contributed by atoms with Gasteiger partial charge in [-0.15, -0.1) is 0 Å². The number of anilines is 1. The summed E-state index contributed by atoms with van der Waals surface area (Å²) in [5.74, 6) is 0.124. The standard InChI is InChI=1S/C14H8ClNO3S/c15-10-5-1-2-6-11(10)16-13(17)12(20-14(16)18)8-9-4-3-7-19-9/h1-8H. The number of carbonyl (C=O) groups is 2. The quantitative estimate of drug-likeness (QED) is 0.781. The lowest BCUT2D eigenvalue weighted by atomic mass is 10.3. The first-order valence-electron chi connectivity index (χ1n) is 5.73. The smallest absolute Gasteiger partial charge is 0.298 e. The highest BCUT2D eigenvalue weighted by Crippen LogP contribution is 2.38. The third kappa shape index (κ3) is 2.26. The monoisotopic (exact) mass is 305 g/mol. The van der Waals surface area contributed by atoms with Crippen LogP contribution in [0.15, 0.2) is 52.0 Å². The molecule has 4 nitrogen and oxygen atoms in total. The van der Waals surface area contributed by atoms with Crippen molar-refractivity contribution in [1.82, 2.24) is 0 Å². The average molecular weight is 306 g/mol. The number of thioether (sulfide) groups is 1. The lowest BCUT2D eigenvalue weighted by Crippen LogP contribution is -2.27. The number of imide groups is 1. The van der Waals surface area contributed by atoms with Gasteiger partial charge in [-0.1, -0.05) is 23.7 Å². The number of benzene rings is 1. The molecule has 2 heterocycles. The molecule has 1 aromatic carbocycles. The number of hydrogen-bond acceptors (Lipinski definition) is 4. The van der Waals surface area contributed by atoms with Gasteiger partial charge in [0.05, 0.1) is 21.9 Å². The summed E-state index contributed by atoms with van der Waals surface area (Å²) in [4.78, 5) is 25.7. The van der Waals surface area contributed by atoms with E-state index in [0.29, 0.717) is 21.4 Å². The van der Waals surface area contributed by atoms with Crippen molar-refractivity contribution in [3.05, 3.63) is 58.3 Å². The molecule has 20 heavy (non-hydrogen) atoms. The second-order valence-corrected chi connectivity index (χ2v) is 5.38. The second kappa shape index (κ2) is 5.19. The molecular formula is C14H8ClNO3S. The summed E-state index contributed by atoms with van der Waals surface area (Å²) in [5.41, 5.74) is 0.388. The van der Waals surface area contributed by atoms with Crippen LogP contribution in [0.3, 0.4) is 0 Å². The molecule has 1 saturated heterocycles. The molecule has 3 rings (SSSR count). The van der Waals surface area contributed by atoms with Gasteiger partial charge < -0.3 is 4.42 Å². The number of nitrogens with zero attached hydrogens (tertiary/aromatic N) is 1. The summed E-state index contributed by atoms with van der Waals surface area (Å²) in [5, 5.41) is -0.0186. The highest BCUT2D eigenvalue weighted by molar-refractivity contribution is 8.19. The Bertz CT molecular complexity index is 709. The predicted molar refractivity (Wildman–Crippen MR) is 78.6 cm³/mol. The number of para-hydroxylation sites is 1. The molecule has 6 heteroatoms. The molecule has 0 spiro atoms. The van der Waals surface area contributed by atoms with Gasteiger partial charge in [0.25, 0.3) is 11.1 Å². The average Bonchev–Trinajstić information content (AvgIpc) is 3.01. The van der Waals surface area contributed by atoms with E-state index in [1.54, 1.807) is 42.5 Å². The minimum Gasteiger partial charge on any atom is -0.465 e. The van der Waals surface area contributed by atoms with Crippen LogP contribution in [0.4, 0.5) is 10.5 Å². The van der Waals surface area contributed by atoms with Crippen molar-refractivity contribution in [2.75, 3.05) is 4.90 Å². The molecule has 0 N–H and O–H groups in total. The molecule has 1 aliphatic heterocycles. The van der Waals surface area contributed by atoms with Crippen molar-refractivity contribution >= 4 is 46.3 Å². The van der Waals surface area contributed by atoms with Crippen LogP contribution in [0.1, 0.15) is 5.76 Å². The molecule has 1 aromatic heterocycles. The summed E-state index contributed by atoms with van der Waals surface area (Å²) < 4.78 is 5.15. The topological polar surface area (TPSA) is 50.5 Å². The Kier molecular flexibility index (Phi) is 3.38. The van der Waals surface area contributed by atoms with Crippen LogP contribution in [0, 0.1) is 0 Å². The first-order valence-corrected chi connectivity index (χ1v) is 6.92. The molecule has 2 aromatic rings. The van der Waals surface area contributed by atoms with Gasteiger partial charge in [-0.2, -0.15) is 0 Å². The van der Waals surface area contributed by atoms with E-state index in [-0.39, 0.29) is 5.24 Å². The highest BCUT2D eigenvalue weighted by atomic mass is 35.5. The van der Waals surface area contributed by atoms with E-state index in [0.717, 1.165) is 16.7 Å². The Morgan fingerprint density at radius 1 is 1.15 bits per heavy atom. The summed E-state index contributed by atoms with van der Waals surface area (Å²) in [6.07, 6.45) is 3.05. The van der Waals surface area contributed by atoms with Crippen LogP contribution < -0.4 is 4.90 Å². The first-order chi connectivity index (χ1) is 9.66. The van der Waals surface area contributed by atoms with Crippen molar-refractivity contribution < 1.29 is 14.0 Å². The molecule has 0 unspecified atom stereocenters. The van der Waals surface area contributed by atoms with E-state index in [1.165, 1.54) is 6.26 Å². The van der Waals surface area contributed by atoms with Crippen LogP contribution >= 0.6 is 23.4 Å². The first kappa shape index (κ1) is 13.0. The number of furan rings is 1. The SMILES string of the molecule is O=C1SC(=Cc2ccco2)C(=O)N1c1ccccc1Cl. The van der Waals surface area contributed by atoms with Crippen LogP contribution in [0.2, 0.25) is 5.02 Å². The molecule has 2 amide bonds. The second-order valence-electron chi connectivity index (χ2n) is 3.98. The highest BCUT2D eigenvalue weighted by Gasteiger charge is 2.37. The summed E-state index contributed by atoms with van der Waals surface area (Å²) >= 11 is 6.90. The molecular weight excluding hydrogens is 298 g/mol. The predicted octanol–water partition coefficient (Wildman–Crippen LogP) is 4.17. The lowest BCUT2D eigenvalue weighted by molar-refractivity contribution is -0.113. The van der Waals surface area contributed by atoms with Crippen LogP contribution in [-0.4, -0.2) is 11.1 Å². The number of rotatable bonds is 2. The number of halogens is 1. The summed E-state index contributed by atoms with van der Waals surface area (Å²) in [7, 11) is 0. The van der Waals surface area contributed by atoms with Crippen molar-refractivity contribution in [3.8, 4) is 0 Å². The van der Waals surface area contributed by atoms with Crippen LogP contribution in [0.5, 0.6) is 0 Å². The van der Waals surface area contributed by atoms with E-state index in [9.17, 15) is 9.59 Å². The minimum atomic E-state index is -0.399. The van der Waals surface area contributed by atoms with Crippen molar-refractivity contribution in [2.45, 2.75) is 0 Å². The number of hydrogen-bond donors (Lipinski definition) is 0. The van der Waals surface area contributed by atoms with Gasteiger partial charge in [0.1, 0.15) is 5.76 Å². The van der Waals surface area contributed by atoms with Crippen LogP contribution in [-0.2, 0) is 4.79 Å². The van der Waals surface area contributed by atoms with Gasteiger partial charge in [-0.3, -0.25) is 9.59 Å². The van der Waals surface area contributed by atoms with Gasteiger partial charge in [0.2, 0.25) is 0 Å². The van der Waals surface area contributed by atoms with Crippen molar-refractivity contribution in [1.29, 1.82) is 0 Å². The molecule has 1 fully saturated rings. The maximum absolute atomic E-state index is 12.3. The number of amides is 2. The zero-order valence-electron chi connectivity index (χ0n) is 10.1. The molecule has 0 bridgehead atoms. The Hall–Kier alpha value is -1.98. The maximum atomic E-state index is 12.3. The molecule has 0 aliphatic carbocycles.